The van der Waals surface area contributed by atoms with Crippen LogP contribution in [0.1, 0.15) is 49.7 Å². The highest BCUT2D eigenvalue weighted by Gasteiger charge is 2.35. The number of nitrogens with zero attached hydrogens (tertiary/aromatic N) is 1. The summed E-state index contributed by atoms with van der Waals surface area (Å²) < 4.78 is 5.40. The lowest BCUT2D eigenvalue weighted by Gasteiger charge is -2.25. The molecule has 2 N–H and O–H groups in total. The molecule has 3 rings (SSSR count). The van der Waals surface area contributed by atoms with Crippen molar-refractivity contribution in [3.8, 4) is 5.75 Å². The first kappa shape index (κ1) is 26.7. The van der Waals surface area contributed by atoms with E-state index in [1.807, 2.05) is 19.1 Å². The Balaban J connectivity index is 0.00000385. The average Bonchev–Trinajstić information content (AvgIpc) is 2.92. The number of benzene rings is 2. The van der Waals surface area contributed by atoms with Gasteiger partial charge in [0.25, 0.3) is 0 Å². The summed E-state index contributed by atoms with van der Waals surface area (Å²) in [6.45, 7) is 1.83. The molecular formula is C25H30Cl2N2O4. The normalized spacial score (nSPS) is 17.2. The second kappa shape index (κ2) is 12.1. The van der Waals surface area contributed by atoms with Crippen LogP contribution in [0.2, 0.25) is 5.02 Å². The van der Waals surface area contributed by atoms with Gasteiger partial charge in [-0.05, 0) is 66.6 Å². The maximum absolute atomic E-state index is 13.3. The second-order valence-electron chi connectivity index (χ2n) is 8.23. The van der Waals surface area contributed by atoms with Crippen molar-refractivity contribution in [1.29, 1.82) is 0 Å². The van der Waals surface area contributed by atoms with E-state index in [-0.39, 0.29) is 55.3 Å². The molecule has 6 nitrogen and oxygen atoms in total. The first-order chi connectivity index (χ1) is 15.3. The zero-order valence-electron chi connectivity index (χ0n) is 18.9. The van der Waals surface area contributed by atoms with Crippen molar-refractivity contribution in [3.63, 3.8) is 0 Å². The van der Waals surface area contributed by atoms with Gasteiger partial charge in [-0.25, -0.2) is 0 Å². The summed E-state index contributed by atoms with van der Waals surface area (Å²) in [7, 11) is 1.56. The number of hydrogen-bond acceptors (Lipinski definition) is 5. The molecule has 0 saturated carbocycles. The predicted molar refractivity (Wildman–Crippen MR) is 132 cm³/mol. The van der Waals surface area contributed by atoms with Crippen LogP contribution >= 0.6 is 24.0 Å². The lowest BCUT2D eigenvalue weighted by molar-refractivity contribution is -0.148. The third-order valence-electron chi connectivity index (χ3n) is 6.05. The number of likely N-dealkylation sites (tertiary alicyclic amines) is 1. The number of carbonyl (C=O) groups excluding carboxylic acids is 3. The van der Waals surface area contributed by atoms with Gasteiger partial charge in [-0.2, -0.15) is 0 Å². The number of amides is 2. The molecule has 0 bridgehead atoms. The molecule has 2 unspecified atom stereocenters. The molecule has 1 heterocycles. The summed E-state index contributed by atoms with van der Waals surface area (Å²) in [5, 5.41) is 0.542. The lowest BCUT2D eigenvalue weighted by atomic mass is 9.91. The van der Waals surface area contributed by atoms with E-state index >= 15 is 0 Å². The molecule has 1 aliphatic heterocycles. The van der Waals surface area contributed by atoms with Gasteiger partial charge in [0.2, 0.25) is 11.8 Å². The molecule has 0 aliphatic carbocycles. The summed E-state index contributed by atoms with van der Waals surface area (Å²) in [5.41, 5.74) is 8.20. The molecular weight excluding hydrogens is 463 g/mol. The molecule has 1 aliphatic rings. The molecule has 2 aromatic carbocycles. The highest BCUT2D eigenvalue weighted by molar-refractivity contribution is 6.30. The maximum atomic E-state index is 13.3. The fraction of sp³-hybridized carbons (Fsp3) is 0.400. The summed E-state index contributed by atoms with van der Waals surface area (Å²) in [4.78, 5) is 40.0. The summed E-state index contributed by atoms with van der Waals surface area (Å²) >= 11 is 6.14. The highest BCUT2D eigenvalue weighted by Crippen LogP contribution is 2.30. The fourth-order valence-corrected chi connectivity index (χ4v) is 4.37. The maximum Gasteiger partial charge on any atom is 0.233 e. The number of Topliss-reactive ketones (excluding diaryl/α,β-unsaturated/α-hetero) is 1. The van der Waals surface area contributed by atoms with Crippen LogP contribution in [0.15, 0.2) is 42.5 Å². The van der Waals surface area contributed by atoms with Gasteiger partial charge in [0.05, 0.1) is 13.7 Å². The Morgan fingerprint density at radius 1 is 1.21 bits per heavy atom. The van der Waals surface area contributed by atoms with Crippen molar-refractivity contribution >= 4 is 47.3 Å². The third kappa shape index (κ3) is 6.71. The van der Waals surface area contributed by atoms with Gasteiger partial charge in [-0.15, -0.1) is 12.4 Å². The number of carbonyl (C=O) groups is 3. The molecule has 1 fully saturated rings. The van der Waals surface area contributed by atoms with Crippen molar-refractivity contribution in [2.75, 3.05) is 19.4 Å². The Morgan fingerprint density at radius 2 is 1.91 bits per heavy atom. The molecule has 8 heteroatoms. The number of ketones is 1. The van der Waals surface area contributed by atoms with Crippen molar-refractivity contribution in [3.05, 3.63) is 58.6 Å². The Morgan fingerprint density at radius 3 is 2.55 bits per heavy atom. The number of methoxy groups -OCH3 is 1. The number of rotatable bonds is 7. The van der Waals surface area contributed by atoms with Crippen molar-refractivity contribution in [1.82, 2.24) is 4.90 Å². The second-order valence-corrected chi connectivity index (χ2v) is 8.67. The van der Waals surface area contributed by atoms with E-state index in [1.54, 1.807) is 37.4 Å². The van der Waals surface area contributed by atoms with Crippen LogP contribution in [0.25, 0.3) is 0 Å². The molecule has 1 saturated heterocycles. The first-order valence-electron chi connectivity index (χ1n) is 10.9. The summed E-state index contributed by atoms with van der Waals surface area (Å²) in [5.74, 6) is -0.653. The predicted octanol–water partition coefficient (Wildman–Crippen LogP) is 4.81. The van der Waals surface area contributed by atoms with Crippen LogP contribution in [0.3, 0.4) is 0 Å². The largest absolute Gasteiger partial charge is 0.496 e. The Kier molecular flexibility index (Phi) is 9.74. The highest BCUT2D eigenvalue weighted by atomic mass is 35.5. The fourth-order valence-electron chi connectivity index (χ4n) is 4.17. The number of hydrogen-bond donors (Lipinski definition) is 1. The van der Waals surface area contributed by atoms with Gasteiger partial charge in [-0.3, -0.25) is 19.3 Å². The molecule has 0 aromatic heterocycles. The Bertz CT molecular complexity index is 994. The number of imide groups is 1. The zero-order chi connectivity index (χ0) is 23.3. The zero-order valence-corrected chi connectivity index (χ0v) is 20.5. The minimum atomic E-state index is -0.491. The molecule has 2 amide bonds. The Hall–Kier alpha value is -2.57. The van der Waals surface area contributed by atoms with E-state index in [1.165, 1.54) is 0 Å². The number of nitrogens with two attached hydrogens (primary N) is 1. The van der Waals surface area contributed by atoms with E-state index in [2.05, 4.69) is 0 Å². The number of anilines is 1. The smallest absolute Gasteiger partial charge is 0.233 e. The summed E-state index contributed by atoms with van der Waals surface area (Å²) in [6.07, 6.45) is 1.90. The van der Waals surface area contributed by atoms with E-state index in [9.17, 15) is 14.4 Å². The SMILES string of the molecule is CCC(CC(=O)N1CC(=O)CCC(Cc2cc(Cl)ccc2OC)C1=O)c1ccc(N)cc1.Cl. The van der Waals surface area contributed by atoms with Crippen LogP contribution in [-0.4, -0.2) is 36.2 Å². The molecule has 2 atom stereocenters. The average molecular weight is 493 g/mol. The van der Waals surface area contributed by atoms with E-state index in [0.29, 0.717) is 29.3 Å². The molecule has 0 radical (unpaired) electrons. The van der Waals surface area contributed by atoms with Gasteiger partial charge in [0.1, 0.15) is 5.75 Å². The number of halogens is 2. The third-order valence-corrected chi connectivity index (χ3v) is 6.29. The van der Waals surface area contributed by atoms with Gasteiger partial charge in [0.15, 0.2) is 5.78 Å². The van der Waals surface area contributed by atoms with E-state index < -0.39 is 5.92 Å². The van der Waals surface area contributed by atoms with Crippen molar-refractivity contribution in [2.45, 2.75) is 44.9 Å². The molecule has 178 valence electrons. The van der Waals surface area contributed by atoms with Crippen molar-refractivity contribution < 1.29 is 19.1 Å². The molecule has 2 aromatic rings. The lowest BCUT2D eigenvalue weighted by Crippen LogP contribution is -2.42. The standard InChI is InChI=1S/C25H29ClN2O4.ClH/c1-3-16(17-4-8-21(27)9-5-17)14-24(30)28-15-22(29)10-6-18(25(28)31)12-19-13-20(26)7-11-23(19)32-2;/h4-5,7-9,11,13,16,18H,3,6,10,12,14-15,27H2,1-2H3;1H. The summed E-state index contributed by atoms with van der Waals surface area (Å²) in [6, 6.07) is 12.7. The van der Waals surface area contributed by atoms with Gasteiger partial charge in [0, 0.05) is 29.5 Å². The van der Waals surface area contributed by atoms with Gasteiger partial charge in [-0.1, -0.05) is 30.7 Å². The first-order valence-corrected chi connectivity index (χ1v) is 11.2. The number of nitrogen functional groups attached to an aromatic ring is 1. The minimum Gasteiger partial charge on any atom is -0.496 e. The quantitative estimate of drug-likeness (QED) is 0.559. The van der Waals surface area contributed by atoms with Gasteiger partial charge < -0.3 is 10.5 Å². The van der Waals surface area contributed by atoms with Crippen molar-refractivity contribution in [2.24, 2.45) is 5.92 Å². The molecule has 33 heavy (non-hydrogen) atoms. The van der Waals surface area contributed by atoms with Crippen LogP contribution < -0.4 is 10.5 Å². The Labute approximate surface area is 205 Å². The monoisotopic (exact) mass is 492 g/mol. The van der Waals surface area contributed by atoms with Crippen LogP contribution in [0.4, 0.5) is 5.69 Å². The van der Waals surface area contributed by atoms with Crippen LogP contribution in [0, 0.1) is 5.92 Å². The topological polar surface area (TPSA) is 89.7 Å². The minimum absolute atomic E-state index is 0. The van der Waals surface area contributed by atoms with E-state index in [4.69, 9.17) is 22.1 Å². The molecule has 0 spiro atoms. The van der Waals surface area contributed by atoms with E-state index in [0.717, 1.165) is 22.4 Å². The van der Waals surface area contributed by atoms with Crippen LogP contribution in [0.5, 0.6) is 5.75 Å². The van der Waals surface area contributed by atoms with Gasteiger partial charge >= 0.3 is 0 Å². The van der Waals surface area contributed by atoms with Crippen LogP contribution in [-0.2, 0) is 20.8 Å². The number of ether oxygens (including phenoxy) is 1.